The van der Waals surface area contributed by atoms with Crippen molar-refractivity contribution < 1.29 is 4.39 Å². The van der Waals surface area contributed by atoms with Crippen molar-refractivity contribution in [3.63, 3.8) is 0 Å². The highest BCUT2D eigenvalue weighted by Crippen LogP contribution is 2.26. The first-order valence-electron chi connectivity index (χ1n) is 6.56. The Morgan fingerprint density at radius 2 is 1.95 bits per heavy atom. The van der Waals surface area contributed by atoms with E-state index in [0.29, 0.717) is 12.1 Å². The first-order valence-corrected chi connectivity index (χ1v) is 6.56. The Labute approximate surface area is 117 Å². The summed E-state index contributed by atoms with van der Waals surface area (Å²) in [4.78, 5) is 4.39. The fourth-order valence-corrected chi connectivity index (χ4v) is 2.33. The molecule has 0 unspecified atom stereocenters. The molecule has 1 heterocycles. The molecule has 3 rings (SSSR count). The first kappa shape index (κ1) is 12.8. The van der Waals surface area contributed by atoms with Gasteiger partial charge in [0, 0.05) is 29.3 Å². The maximum absolute atomic E-state index is 14.0. The summed E-state index contributed by atoms with van der Waals surface area (Å²) in [6, 6.07) is 15.0. The second-order valence-corrected chi connectivity index (χ2v) is 4.76. The van der Waals surface area contributed by atoms with E-state index in [4.69, 9.17) is 0 Å². The van der Waals surface area contributed by atoms with Crippen LogP contribution in [0.15, 0.2) is 54.7 Å². The van der Waals surface area contributed by atoms with Crippen molar-refractivity contribution in [1.29, 1.82) is 0 Å². The van der Waals surface area contributed by atoms with Gasteiger partial charge in [-0.1, -0.05) is 24.3 Å². The van der Waals surface area contributed by atoms with Gasteiger partial charge in [-0.3, -0.25) is 4.98 Å². The number of rotatable bonds is 3. The van der Waals surface area contributed by atoms with Gasteiger partial charge >= 0.3 is 0 Å². The zero-order valence-corrected chi connectivity index (χ0v) is 11.2. The van der Waals surface area contributed by atoms with Gasteiger partial charge in [0.1, 0.15) is 5.82 Å². The Kier molecular flexibility index (Phi) is 3.44. The molecule has 2 aromatic carbocycles. The van der Waals surface area contributed by atoms with E-state index in [1.807, 2.05) is 43.4 Å². The molecule has 0 aliphatic heterocycles. The van der Waals surface area contributed by atoms with Crippen molar-refractivity contribution in [2.45, 2.75) is 6.54 Å². The van der Waals surface area contributed by atoms with Crippen molar-refractivity contribution in [3.8, 4) is 11.1 Å². The van der Waals surface area contributed by atoms with Crippen LogP contribution in [0.2, 0.25) is 0 Å². The molecule has 0 fully saturated rings. The fourth-order valence-electron chi connectivity index (χ4n) is 2.33. The predicted octanol–water partition coefficient (Wildman–Crippen LogP) is 3.76. The SMILES string of the molecule is CNCc1ccc(F)c(-c2cnc3ccccc3c2)c1. The number of nitrogens with one attached hydrogen (secondary N) is 1. The molecule has 3 heteroatoms. The molecule has 100 valence electrons. The van der Waals surface area contributed by atoms with Gasteiger partial charge < -0.3 is 5.32 Å². The van der Waals surface area contributed by atoms with Crippen LogP contribution in [0.1, 0.15) is 5.56 Å². The number of para-hydroxylation sites is 1. The molecule has 0 radical (unpaired) electrons. The third kappa shape index (κ3) is 2.40. The lowest BCUT2D eigenvalue weighted by Crippen LogP contribution is -2.05. The van der Waals surface area contributed by atoms with Crippen LogP contribution in [-0.4, -0.2) is 12.0 Å². The summed E-state index contributed by atoms with van der Waals surface area (Å²) in [7, 11) is 1.88. The Balaban J connectivity index is 2.12. The lowest BCUT2D eigenvalue weighted by molar-refractivity contribution is 0.630. The maximum Gasteiger partial charge on any atom is 0.131 e. The first-order chi connectivity index (χ1) is 9.78. The van der Waals surface area contributed by atoms with Crippen LogP contribution in [-0.2, 0) is 6.54 Å². The molecular formula is C17H15FN2. The number of hydrogen-bond donors (Lipinski definition) is 1. The van der Waals surface area contributed by atoms with Crippen molar-refractivity contribution in [2.24, 2.45) is 0 Å². The van der Waals surface area contributed by atoms with Gasteiger partial charge in [-0.05, 0) is 36.9 Å². The molecule has 20 heavy (non-hydrogen) atoms. The highest BCUT2D eigenvalue weighted by Gasteiger charge is 2.07. The van der Waals surface area contributed by atoms with Gasteiger partial charge in [-0.15, -0.1) is 0 Å². The van der Waals surface area contributed by atoms with Crippen LogP contribution in [0, 0.1) is 5.82 Å². The molecule has 2 nitrogen and oxygen atoms in total. The number of benzene rings is 2. The van der Waals surface area contributed by atoms with Crippen molar-refractivity contribution in [1.82, 2.24) is 10.3 Å². The summed E-state index contributed by atoms with van der Waals surface area (Å²) in [5.74, 6) is -0.220. The predicted molar refractivity (Wildman–Crippen MR) is 79.9 cm³/mol. The Morgan fingerprint density at radius 1 is 1.10 bits per heavy atom. The van der Waals surface area contributed by atoms with Crippen LogP contribution in [0.3, 0.4) is 0 Å². The summed E-state index contributed by atoms with van der Waals surface area (Å²) < 4.78 is 14.0. The summed E-state index contributed by atoms with van der Waals surface area (Å²) in [5, 5.41) is 4.09. The van der Waals surface area contributed by atoms with E-state index in [2.05, 4.69) is 10.3 Å². The minimum Gasteiger partial charge on any atom is -0.316 e. The van der Waals surface area contributed by atoms with E-state index in [0.717, 1.165) is 22.0 Å². The van der Waals surface area contributed by atoms with Gasteiger partial charge in [0.15, 0.2) is 0 Å². The second kappa shape index (κ2) is 5.39. The van der Waals surface area contributed by atoms with Gasteiger partial charge in [0.05, 0.1) is 5.52 Å². The number of pyridine rings is 1. The van der Waals surface area contributed by atoms with Crippen molar-refractivity contribution >= 4 is 10.9 Å². The quantitative estimate of drug-likeness (QED) is 0.780. The Morgan fingerprint density at radius 3 is 2.80 bits per heavy atom. The minimum atomic E-state index is -0.220. The molecule has 1 N–H and O–H groups in total. The third-order valence-electron chi connectivity index (χ3n) is 3.31. The normalized spacial score (nSPS) is 10.9. The van der Waals surface area contributed by atoms with E-state index < -0.39 is 0 Å². The molecule has 1 aromatic heterocycles. The van der Waals surface area contributed by atoms with E-state index in [-0.39, 0.29) is 5.82 Å². The van der Waals surface area contributed by atoms with Gasteiger partial charge in [-0.25, -0.2) is 4.39 Å². The van der Waals surface area contributed by atoms with Crippen LogP contribution >= 0.6 is 0 Å². The van der Waals surface area contributed by atoms with E-state index in [9.17, 15) is 4.39 Å². The fraction of sp³-hybridized carbons (Fsp3) is 0.118. The zero-order valence-electron chi connectivity index (χ0n) is 11.2. The lowest BCUT2D eigenvalue weighted by atomic mass is 10.0. The lowest BCUT2D eigenvalue weighted by Gasteiger charge is -2.08. The summed E-state index contributed by atoms with van der Waals surface area (Å²) in [5.41, 5.74) is 3.37. The summed E-state index contributed by atoms with van der Waals surface area (Å²) in [6.07, 6.45) is 1.73. The summed E-state index contributed by atoms with van der Waals surface area (Å²) >= 11 is 0. The zero-order chi connectivity index (χ0) is 13.9. The summed E-state index contributed by atoms with van der Waals surface area (Å²) in [6.45, 7) is 0.717. The maximum atomic E-state index is 14.0. The van der Waals surface area contributed by atoms with Crippen molar-refractivity contribution in [2.75, 3.05) is 7.05 Å². The third-order valence-corrected chi connectivity index (χ3v) is 3.31. The standard InChI is InChI=1S/C17H15FN2/c1-19-10-12-6-7-16(18)15(8-12)14-9-13-4-2-3-5-17(13)20-11-14/h2-9,11,19H,10H2,1H3. The number of nitrogens with zero attached hydrogens (tertiary/aromatic N) is 1. The number of halogens is 1. The van der Waals surface area contributed by atoms with Crippen LogP contribution in [0.4, 0.5) is 4.39 Å². The molecule has 0 spiro atoms. The molecule has 0 saturated heterocycles. The molecule has 0 saturated carbocycles. The average Bonchev–Trinajstić information content (AvgIpc) is 2.49. The van der Waals surface area contributed by atoms with Gasteiger partial charge in [0.25, 0.3) is 0 Å². The van der Waals surface area contributed by atoms with Crippen LogP contribution < -0.4 is 5.32 Å². The highest BCUT2D eigenvalue weighted by molar-refractivity contribution is 5.83. The molecule has 3 aromatic rings. The second-order valence-electron chi connectivity index (χ2n) is 4.76. The van der Waals surface area contributed by atoms with E-state index in [1.165, 1.54) is 6.07 Å². The minimum absolute atomic E-state index is 0.220. The van der Waals surface area contributed by atoms with Crippen LogP contribution in [0.25, 0.3) is 22.0 Å². The van der Waals surface area contributed by atoms with E-state index >= 15 is 0 Å². The average molecular weight is 266 g/mol. The highest BCUT2D eigenvalue weighted by atomic mass is 19.1. The molecule has 0 bridgehead atoms. The Bertz CT molecular complexity index is 753. The smallest absolute Gasteiger partial charge is 0.131 e. The molecule has 0 aliphatic carbocycles. The Hall–Kier alpha value is -2.26. The van der Waals surface area contributed by atoms with Gasteiger partial charge in [-0.2, -0.15) is 0 Å². The molecule has 0 atom stereocenters. The van der Waals surface area contributed by atoms with Crippen LogP contribution in [0.5, 0.6) is 0 Å². The van der Waals surface area contributed by atoms with Crippen molar-refractivity contribution in [3.05, 3.63) is 66.1 Å². The number of hydrogen-bond acceptors (Lipinski definition) is 2. The largest absolute Gasteiger partial charge is 0.316 e. The topological polar surface area (TPSA) is 24.9 Å². The molecule has 0 amide bonds. The monoisotopic (exact) mass is 266 g/mol. The van der Waals surface area contributed by atoms with Gasteiger partial charge in [0.2, 0.25) is 0 Å². The van der Waals surface area contributed by atoms with E-state index in [1.54, 1.807) is 12.3 Å². The number of aromatic nitrogens is 1. The number of fused-ring (bicyclic) bond motifs is 1. The molecular weight excluding hydrogens is 251 g/mol. The molecule has 0 aliphatic rings.